The summed E-state index contributed by atoms with van der Waals surface area (Å²) in [4.78, 5) is 24.7. The maximum atomic E-state index is 12.6. The van der Waals surface area contributed by atoms with E-state index in [4.69, 9.17) is 0 Å². The number of H-pyrrole nitrogens is 1. The number of imidazole rings is 1. The molecule has 5 aromatic rings. The average Bonchev–Trinajstić information content (AvgIpc) is 3.21. The van der Waals surface area contributed by atoms with Gasteiger partial charge in [0.15, 0.2) is 0 Å². The number of nitrogens with zero attached hydrogens (tertiary/aromatic N) is 2. The van der Waals surface area contributed by atoms with Crippen molar-refractivity contribution in [1.29, 1.82) is 0 Å². The number of nitrogens with one attached hydrogen (secondary N) is 3. The molecular weight excluding hydrogens is 374 g/mol. The normalized spacial score (nSPS) is 10.9. The molecule has 146 valence electrons. The van der Waals surface area contributed by atoms with E-state index < -0.39 is 0 Å². The summed E-state index contributed by atoms with van der Waals surface area (Å²) < 4.78 is 0. The van der Waals surface area contributed by atoms with Crippen molar-refractivity contribution in [2.45, 2.75) is 6.54 Å². The van der Waals surface area contributed by atoms with Gasteiger partial charge in [0, 0.05) is 28.5 Å². The molecule has 0 saturated carbocycles. The van der Waals surface area contributed by atoms with Crippen LogP contribution >= 0.6 is 0 Å². The molecule has 0 atom stereocenters. The van der Waals surface area contributed by atoms with Crippen LogP contribution in [0.1, 0.15) is 16.2 Å². The molecule has 0 saturated heterocycles. The fourth-order valence-electron chi connectivity index (χ4n) is 3.41. The number of aromatic amines is 1. The summed E-state index contributed by atoms with van der Waals surface area (Å²) in [5, 5.41) is 7.34. The number of carbonyl (C=O) groups excluding carboxylic acids is 1. The van der Waals surface area contributed by atoms with Gasteiger partial charge in [-0.05, 0) is 54.6 Å². The van der Waals surface area contributed by atoms with Crippen LogP contribution in [0, 0.1) is 0 Å². The third kappa shape index (κ3) is 3.71. The molecule has 5 rings (SSSR count). The van der Waals surface area contributed by atoms with E-state index in [2.05, 4.69) is 25.6 Å². The number of rotatable bonds is 5. The maximum Gasteiger partial charge on any atom is 0.251 e. The zero-order valence-corrected chi connectivity index (χ0v) is 16.1. The highest BCUT2D eigenvalue weighted by molar-refractivity contribution is 5.95. The molecule has 0 aliphatic carbocycles. The second-order valence-electron chi connectivity index (χ2n) is 7.00. The van der Waals surface area contributed by atoms with E-state index in [1.165, 1.54) is 0 Å². The Morgan fingerprint density at radius 3 is 2.70 bits per heavy atom. The van der Waals surface area contributed by atoms with Gasteiger partial charge in [-0.2, -0.15) is 0 Å². The Morgan fingerprint density at radius 2 is 1.77 bits per heavy atom. The second-order valence-corrected chi connectivity index (χ2v) is 7.00. The molecule has 6 nitrogen and oxygen atoms in total. The van der Waals surface area contributed by atoms with Crippen molar-refractivity contribution in [3.8, 4) is 0 Å². The van der Waals surface area contributed by atoms with E-state index in [-0.39, 0.29) is 5.91 Å². The molecule has 3 aromatic carbocycles. The van der Waals surface area contributed by atoms with Gasteiger partial charge in [0.2, 0.25) is 0 Å². The summed E-state index contributed by atoms with van der Waals surface area (Å²) in [5.41, 5.74) is 5.15. The number of anilines is 2. The maximum absolute atomic E-state index is 12.6. The van der Waals surface area contributed by atoms with Crippen molar-refractivity contribution in [3.63, 3.8) is 0 Å². The van der Waals surface area contributed by atoms with Crippen LogP contribution in [0.25, 0.3) is 21.9 Å². The minimum Gasteiger partial charge on any atom is -0.355 e. The summed E-state index contributed by atoms with van der Waals surface area (Å²) >= 11 is 0. The molecule has 30 heavy (non-hydrogen) atoms. The van der Waals surface area contributed by atoms with Crippen LogP contribution in [-0.2, 0) is 6.54 Å². The lowest BCUT2D eigenvalue weighted by Crippen LogP contribution is -2.23. The molecule has 6 heteroatoms. The molecule has 0 spiro atoms. The van der Waals surface area contributed by atoms with Crippen LogP contribution in [0.15, 0.2) is 85.1 Å². The Hall–Kier alpha value is -4.19. The molecule has 1 amide bonds. The number of carbonyl (C=O) groups is 1. The molecule has 0 aliphatic rings. The van der Waals surface area contributed by atoms with Gasteiger partial charge in [-0.1, -0.05) is 24.3 Å². The number of fused-ring (bicyclic) bond motifs is 2. The number of para-hydroxylation sites is 2. The van der Waals surface area contributed by atoms with Gasteiger partial charge < -0.3 is 15.6 Å². The third-order valence-electron chi connectivity index (χ3n) is 4.87. The van der Waals surface area contributed by atoms with Crippen LogP contribution in [-0.4, -0.2) is 20.9 Å². The van der Waals surface area contributed by atoms with Crippen LogP contribution in [0.5, 0.6) is 0 Å². The fourth-order valence-corrected chi connectivity index (χ4v) is 3.41. The largest absolute Gasteiger partial charge is 0.355 e. The predicted octanol–water partition coefficient (Wildman–Crippen LogP) is 4.78. The molecule has 3 N–H and O–H groups in total. The predicted molar refractivity (Wildman–Crippen MR) is 119 cm³/mol. The fraction of sp³-hybridized carbons (Fsp3) is 0.0417. The quantitative estimate of drug-likeness (QED) is 0.401. The first kappa shape index (κ1) is 17.9. The van der Waals surface area contributed by atoms with Crippen LogP contribution < -0.4 is 10.6 Å². The van der Waals surface area contributed by atoms with Crippen LogP contribution in [0.3, 0.4) is 0 Å². The number of pyridine rings is 1. The van der Waals surface area contributed by atoms with Crippen LogP contribution in [0.2, 0.25) is 0 Å². The van der Waals surface area contributed by atoms with E-state index >= 15 is 0 Å². The summed E-state index contributed by atoms with van der Waals surface area (Å²) in [7, 11) is 0. The lowest BCUT2D eigenvalue weighted by atomic mass is 10.1. The van der Waals surface area contributed by atoms with Crippen molar-refractivity contribution in [1.82, 2.24) is 20.3 Å². The van der Waals surface area contributed by atoms with Crippen molar-refractivity contribution in [2.75, 3.05) is 5.32 Å². The molecular formula is C24H19N5O. The van der Waals surface area contributed by atoms with E-state index in [0.717, 1.165) is 39.1 Å². The first-order chi connectivity index (χ1) is 14.7. The Balaban J connectivity index is 1.29. The SMILES string of the molecule is O=C(NCc1nc2ccccc2[nH]1)c1cccc(Nc2ccc3ncccc3c2)c1. The van der Waals surface area contributed by atoms with E-state index in [1.807, 2.05) is 72.8 Å². The summed E-state index contributed by atoms with van der Waals surface area (Å²) in [6.45, 7) is 0.336. The lowest BCUT2D eigenvalue weighted by Gasteiger charge is -2.09. The lowest BCUT2D eigenvalue weighted by molar-refractivity contribution is 0.0950. The first-order valence-electron chi connectivity index (χ1n) is 9.68. The van der Waals surface area contributed by atoms with Crippen molar-refractivity contribution < 1.29 is 4.79 Å². The number of amides is 1. The number of aromatic nitrogens is 3. The standard InChI is InChI=1S/C24H19N5O/c30-24(26-15-23-28-21-8-1-2-9-22(21)29-23)17-5-3-7-18(14-17)27-19-10-11-20-16(13-19)6-4-12-25-20/h1-14,27H,15H2,(H,26,30)(H,28,29). The van der Waals surface area contributed by atoms with E-state index in [1.54, 1.807) is 12.3 Å². The Kier molecular flexibility index (Phi) is 4.57. The topological polar surface area (TPSA) is 82.7 Å². The Bertz CT molecular complexity index is 1330. The highest BCUT2D eigenvalue weighted by Crippen LogP contribution is 2.22. The zero-order valence-electron chi connectivity index (χ0n) is 16.1. The number of hydrogen-bond acceptors (Lipinski definition) is 4. The van der Waals surface area contributed by atoms with Crippen molar-refractivity contribution in [2.24, 2.45) is 0 Å². The molecule has 0 radical (unpaired) electrons. The van der Waals surface area contributed by atoms with Crippen molar-refractivity contribution >= 4 is 39.2 Å². The summed E-state index contributed by atoms with van der Waals surface area (Å²) in [6.07, 6.45) is 1.78. The average molecular weight is 393 g/mol. The zero-order chi connectivity index (χ0) is 20.3. The number of benzene rings is 3. The monoisotopic (exact) mass is 393 g/mol. The van der Waals surface area contributed by atoms with Gasteiger partial charge >= 0.3 is 0 Å². The Morgan fingerprint density at radius 1 is 0.867 bits per heavy atom. The first-order valence-corrected chi connectivity index (χ1v) is 9.68. The van der Waals surface area contributed by atoms with Gasteiger partial charge in [-0.15, -0.1) is 0 Å². The smallest absolute Gasteiger partial charge is 0.251 e. The highest BCUT2D eigenvalue weighted by Gasteiger charge is 2.08. The van der Waals surface area contributed by atoms with Gasteiger partial charge in [-0.25, -0.2) is 4.98 Å². The second kappa shape index (κ2) is 7.67. The molecule has 2 heterocycles. The van der Waals surface area contributed by atoms with Crippen molar-refractivity contribution in [3.05, 3.63) is 96.4 Å². The molecule has 2 aromatic heterocycles. The molecule has 0 bridgehead atoms. The van der Waals surface area contributed by atoms with Gasteiger partial charge in [0.25, 0.3) is 5.91 Å². The van der Waals surface area contributed by atoms with E-state index in [9.17, 15) is 4.79 Å². The van der Waals surface area contributed by atoms with E-state index in [0.29, 0.717) is 12.1 Å². The number of hydrogen-bond donors (Lipinski definition) is 3. The van der Waals surface area contributed by atoms with Crippen LogP contribution in [0.4, 0.5) is 11.4 Å². The minimum atomic E-state index is -0.151. The molecule has 0 fully saturated rings. The van der Waals surface area contributed by atoms with Gasteiger partial charge in [0.1, 0.15) is 5.82 Å². The molecule has 0 aliphatic heterocycles. The highest BCUT2D eigenvalue weighted by atomic mass is 16.1. The Labute approximate surface area is 173 Å². The van der Waals surface area contributed by atoms with Gasteiger partial charge in [-0.3, -0.25) is 9.78 Å². The third-order valence-corrected chi connectivity index (χ3v) is 4.87. The minimum absolute atomic E-state index is 0.151. The summed E-state index contributed by atoms with van der Waals surface area (Å²) in [6, 6.07) is 25.1. The molecule has 0 unspecified atom stereocenters. The van der Waals surface area contributed by atoms with Gasteiger partial charge in [0.05, 0.1) is 23.1 Å². The summed E-state index contributed by atoms with van der Waals surface area (Å²) in [5.74, 6) is 0.574.